The van der Waals surface area contributed by atoms with E-state index in [0.717, 1.165) is 36.4 Å². The minimum absolute atomic E-state index is 0.0657. The van der Waals surface area contributed by atoms with Gasteiger partial charge in [-0.25, -0.2) is 0 Å². The quantitative estimate of drug-likeness (QED) is 0.831. The Morgan fingerprint density at radius 1 is 1.13 bits per heavy atom. The Hall–Kier alpha value is -1.38. The van der Waals surface area contributed by atoms with Crippen LogP contribution in [0.5, 0.6) is 0 Å². The third-order valence-corrected chi connectivity index (χ3v) is 6.26. The zero-order valence-electron chi connectivity index (χ0n) is 13.7. The maximum absolute atomic E-state index is 12.3. The minimum atomic E-state index is 0.0657. The molecule has 0 radical (unpaired) electrons. The van der Waals surface area contributed by atoms with Crippen molar-refractivity contribution >= 4 is 22.2 Å². The van der Waals surface area contributed by atoms with Crippen molar-refractivity contribution < 1.29 is 9.69 Å². The van der Waals surface area contributed by atoms with Crippen molar-refractivity contribution in [2.75, 3.05) is 25.0 Å². The number of quaternary nitrogens is 1. The summed E-state index contributed by atoms with van der Waals surface area (Å²) in [6.45, 7) is 3.31. The van der Waals surface area contributed by atoms with E-state index in [4.69, 9.17) is 0 Å². The van der Waals surface area contributed by atoms with Gasteiger partial charge in [-0.2, -0.15) is 5.26 Å². The number of thiophene rings is 1. The van der Waals surface area contributed by atoms with Gasteiger partial charge in [-0.15, -0.1) is 11.3 Å². The van der Waals surface area contributed by atoms with Crippen molar-refractivity contribution in [3.8, 4) is 6.07 Å². The van der Waals surface area contributed by atoms with Crippen molar-refractivity contribution in [1.29, 1.82) is 5.26 Å². The molecule has 1 aromatic heterocycles. The van der Waals surface area contributed by atoms with Crippen molar-refractivity contribution in [3.05, 3.63) is 16.0 Å². The van der Waals surface area contributed by atoms with Gasteiger partial charge in [0.25, 0.3) is 0 Å². The average molecular weight is 332 g/mol. The van der Waals surface area contributed by atoms with Crippen LogP contribution in [0, 0.1) is 11.3 Å². The van der Waals surface area contributed by atoms with E-state index in [1.54, 1.807) is 16.2 Å². The molecule has 23 heavy (non-hydrogen) atoms. The van der Waals surface area contributed by atoms with Gasteiger partial charge >= 0.3 is 0 Å². The lowest BCUT2D eigenvalue weighted by Gasteiger charge is -2.23. The highest BCUT2D eigenvalue weighted by atomic mass is 32.1. The molecular formula is C18H26N3OS+. The predicted octanol–water partition coefficient (Wildman–Crippen LogP) is 2.29. The first-order valence-corrected chi connectivity index (χ1v) is 9.77. The van der Waals surface area contributed by atoms with Gasteiger partial charge in [-0.1, -0.05) is 6.42 Å². The molecule has 1 aromatic rings. The largest absolute Gasteiger partial charge is 0.335 e. The topological polar surface area (TPSA) is 57.3 Å². The number of aryl methyl sites for hydroxylation is 1. The van der Waals surface area contributed by atoms with Crippen LogP contribution in [0.2, 0.25) is 0 Å². The zero-order chi connectivity index (χ0) is 16.1. The van der Waals surface area contributed by atoms with Gasteiger partial charge in [-0.05, 0) is 50.5 Å². The molecule has 0 atom stereocenters. The monoisotopic (exact) mass is 332 g/mol. The molecule has 0 unspecified atom stereocenters. The number of fused-ring (bicyclic) bond motifs is 1. The Morgan fingerprint density at radius 3 is 2.65 bits per heavy atom. The van der Waals surface area contributed by atoms with E-state index in [2.05, 4.69) is 11.4 Å². The second-order valence-corrected chi connectivity index (χ2v) is 7.84. The molecule has 2 N–H and O–H groups in total. The smallest absolute Gasteiger partial charge is 0.230 e. The van der Waals surface area contributed by atoms with Gasteiger partial charge in [0.05, 0.1) is 31.6 Å². The summed E-state index contributed by atoms with van der Waals surface area (Å²) in [4.78, 5) is 15.1. The number of carbonyl (C=O) groups is 1. The Morgan fingerprint density at radius 2 is 1.87 bits per heavy atom. The third-order valence-electron chi connectivity index (χ3n) is 5.05. The van der Waals surface area contributed by atoms with Crippen LogP contribution in [0.15, 0.2) is 0 Å². The third kappa shape index (κ3) is 4.13. The number of nitrogens with zero attached hydrogens (tertiary/aromatic N) is 1. The average Bonchev–Trinajstić information content (AvgIpc) is 2.74. The van der Waals surface area contributed by atoms with Gasteiger partial charge in [0.2, 0.25) is 5.91 Å². The van der Waals surface area contributed by atoms with Crippen LogP contribution in [-0.2, 0) is 17.6 Å². The zero-order valence-corrected chi connectivity index (χ0v) is 14.6. The minimum Gasteiger partial charge on any atom is -0.335 e. The Bertz CT molecular complexity index is 596. The van der Waals surface area contributed by atoms with E-state index < -0.39 is 0 Å². The molecule has 0 spiro atoms. The number of amides is 1. The number of piperidine rings is 1. The van der Waals surface area contributed by atoms with E-state index in [9.17, 15) is 10.1 Å². The SMILES string of the molecule is N#Cc1c(NC(=O)CC[NH+]2CCCCC2)sc2c1CCCCC2. The van der Waals surface area contributed by atoms with Crippen molar-refractivity contribution in [2.24, 2.45) is 0 Å². The number of hydrogen-bond acceptors (Lipinski definition) is 3. The second kappa shape index (κ2) is 7.94. The fourth-order valence-electron chi connectivity index (χ4n) is 3.73. The standard InChI is InChI=1S/C18H25N3OS/c19-13-15-14-7-3-1-4-8-16(14)23-18(15)20-17(22)9-12-21-10-5-2-6-11-21/h1-12H2,(H,20,22)/p+1. The maximum atomic E-state index is 12.3. The van der Waals surface area contributed by atoms with E-state index >= 15 is 0 Å². The lowest BCUT2D eigenvalue weighted by Crippen LogP contribution is -3.12. The first-order valence-electron chi connectivity index (χ1n) is 8.96. The summed E-state index contributed by atoms with van der Waals surface area (Å²) in [6.07, 6.45) is 10.1. The summed E-state index contributed by atoms with van der Waals surface area (Å²) in [5.41, 5.74) is 1.93. The van der Waals surface area contributed by atoms with Crippen LogP contribution in [0.25, 0.3) is 0 Å². The van der Waals surface area contributed by atoms with E-state index in [1.807, 2.05) is 0 Å². The van der Waals surface area contributed by atoms with Crippen molar-refractivity contribution in [3.63, 3.8) is 0 Å². The number of rotatable bonds is 4. The molecule has 1 aliphatic carbocycles. The molecule has 5 heteroatoms. The van der Waals surface area contributed by atoms with Gasteiger partial charge in [0.1, 0.15) is 11.1 Å². The van der Waals surface area contributed by atoms with Crippen LogP contribution in [0.3, 0.4) is 0 Å². The molecule has 1 amide bonds. The first kappa shape index (κ1) is 16.5. The lowest BCUT2D eigenvalue weighted by atomic mass is 10.1. The molecule has 0 bridgehead atoms. The van der Waals surface area contributed by atoms with Crippen LogP contribution in [0.4, 0.5) is 5.00 Å². The van der Waals surface area contributed by atoms with E-state index in [-0.39, 0.29) is 5.91 Å². The van der Waals surface area contributed by atoms with Gasteiger partial charge < -0.3 is 10.2 Å². The number of likely N-dealkylation sites (tertiary alicyclic amines) is 1. The van der Waals surface area contributed by atoms with Crippen LogP contribution >= 0.6 is 11.3 Å². The Kier molecular flexibility index (Phi) is 5.69. The van der Waals surface area contributed by atoms with Crippen molar-refractivity contribution in [1.82, 2.24) is 0 Å². The highest BCUT2D eigenvalue weighted by Gasteiger charge is 2.21. The summed E-state index contributed by atoms with van der Waals surface area (Å²) in [5.74, 6) is 0.0657. The normalized spacial score (nSPS) is 18.7. The number of nitriles is 1. The molecule has 2 aliphatic rings. The molecular weight excluding hydrogens is 306 g/mol. The number of hydrogen-bond donors (Lipinski definition) is 2. The highest BCUT2D eigenvalue weighted by Crippen LogP contribution is 2.36. The van der Waals surface area contributed by atoms with Gasteiger partial charge in [0.15, 0.2) is 0 Å². The van der Waals surface area contributed by atoms with Crippen LogP contribution in [-0.4, -0.2) is 25.5 Å². The molecule has 0 aromatic carbocycles. The fourth-order valence-corrected chi connectivity index (χ4v) is 4.99. The van der Waals surface area contributed by atoms with Gasteiger partial charge in [0, 0.05) is 4.88 Å². The molecule has 1 aliphatic heterocycles. The molecule has 0 saturated carbocycles. The van der Waals surface area contributed by atoms with Crippen molar-refractivity contribution in [2.45, 2.75) is 57.8 Å². The Labute approximate surface area is 142 Å². The number of carbonyl (C=O) groups excluding carboxylic acids is 1. The van der Waals surface area contributed by atoms with Crippen LogP contribution < -0.4 is 10.2 Å². The summed E-state index contributed by atoms with van der Waals surface area (Å²) in [7, 11) is 0. The summed E-state index contributed by atoms with van der Waals surface area (Å²) >= 11 is 1.63. The molecule has 1 saturated heterocycles. The molecule has 2 heterocycles. The summed E-state index contributed by atoms with van der Waals surface area (Å²) < 4.78 is 0. The first-order chi connectivity index (χ1) is 11.3. The van der Waals surface area contributed by atoms with E-state index in [0.29, 0.717) is 6.42 Å². The lowest BCUT2D eigenvalue weighted by molar-refractivity contribution is -0.904. The Balaban J connectivity index is 1.60. The summed E-state index contributed by atoms with van der Waals surface area (Å²) in [5, 5.41) is 13.3. The summed E-state index contributed by atoms with van der Waals surface area (Å²) in [6, 6.07) is 2.33. The predicted molar refractivity (Wildman–Crippen MR) is 93.0 cm³/mol. The second-order valence-electron chi connectivity index (χ2n) is 6.74. The highest BCUT2D eigenvalue weighted by molar-refractivity contribution is 7.16. The van der Waals surface area contributed by atoms with Gasteiger partial charge in [-0.3, -0.25) is 4.79 Å². The van der Waals surface area contributed by atoms with E-state index in [1.165, 1.54) is 55.6 Å². The van der Waals surface area contributed by atoms with Crippen LogP contribution in [0.1, 0.15) is 60.9 Å². The maximum Gasteiger partial charge on any atom is 0.230 e. The fraction of sp³-hybridized carbons (Fsp3) is 0.667. The molecule has 3 rings (SSSR count). The number of nitrogens with one attached hydrogen (secondary N) is 2. The molecule has 1 fully saturated rings. The number of anilines is 1. The molecule has 124 valence electrons. The molecule has 4 nitrogen and oxygen atoms in total.